The smallest absolute Gasteiger partial charge is 0.226 e. The third-order valence-electron chi connectivity index (χ3n) is 3.16. The number of anilines is 1. The summed E-state index contributed by atoms with van der Waals surface area (Å²) >= 11 is 0. The molecule has 4 heteroatoms. The van der Waals surface area contributed by atoms with E-state index < -0.39 is 0 Å². The highest BCUT2D eigenvalue weighted by Crippen LogP contribution is 2.13. The van der Waals surface area contributed by atoms with Crippen LogP contribution in [-0.4, -0.2) is 15.7 Å². The van der Waals surface area contributed by atoms with Gasteiger partial charge in [-0.25, -0.2) is 0 Å². The lowest BCUT2D eigenvalue weighted by Crippen LogP contribution is -2.14. The minimum Gasteiger partial charge on any atom is -0.326 e. The van der Waals surface area contributed by atoms with Crippen LogP contribution in [0.2, 0.25) is 0 Å². The van der Waals surface area contributed by atoms with Crippen molar-refractivity contribution < 1.29 is 4.79 Å². The van der Waals surface area contributed by atoms with Crippen molar-refractivity contribution in [3.05, 3.63) is 60.8 Å². The molecule has 3 rings (SSSR count). The fraction of sp³-hybridized carbons (Fsp3) is 0.125. The molecule has 0 aliphatic rings. The van der Waals surface area contributed by atoms with Crippen molar-refractivity contribution in [1.82, 2.24) is 9.78 Å². The Morgan fingerprint density at radius 2 is 1.80 bits per heavy atom. The number of hydrogen-bond acceptors (Lipinski definition) is 2. The van der Waals surface area contributed by atoms with E-state index in [2.05, 4.69) is 10.4 Å². The van der Waals surface area contributed by atoms with Gasteiger partial charge in [0.1, 0.15) is 0 Å². The molecule has 1 aromatic heterocycles. The van der Waals surface area contributed by atoms with E-state index in [4.69, 9.17) is 0 Å². The largest absolute Gasteiger partial charge is 0.326 e. The predicted octanol–water partition coefficient (Wildman–Crippen LogP) is 3.07. The Morgan fingerprint density at radius 3 is 2.65 bits per heavy atom. The van der Waals surface area contributed by atoms with Crippen LogP contribution in [0.5, 0.6) is 0 Å². The van der Waals surface area contributed by atoms with Gasteiger partial charge in [0.05, 0.1) is 18.3 Å². The third-order valence-corrected chi connectivity index (χ3v) is 3.16. The van der Waals surface area contributed by atoms with Gasteiger partial charge in [-0.05, 0) is 18.2 Å². The molecule has 0 spiro atoms. The molecule has 0 saturated heterocycles. The van der Waals surface area contributed by atoms with Gasteiger partial charge in [-0.15, -0.1) is 0 Å². The number of nitrogens with one attached hydrogen (secondary N) is 1. The molecular weight excluding hydrogens is 250 g/mol. The SMILES string of the molecule is O=C(CCn1ncc2ccccc21)Nc1ccccc1. The highest BCUT2D eigenvalue weighted by atomic mass is 16.1. The first-order valence-corrected chi connectivity index (χ1v) is 6.58. The molecule has 1 N–H and O–H groups in total. The van der Waals surface area contributed by atoms with Crippen molar-refractivity contribution in [2.45, 2.75) is 13.0 Å². The lowest BCUT2D eigenvalue weighted by Gasteiger charge is -2.06. The van der Waals surface area contributed by atoms with Crippen LogP contribution in [0.1, 0.15) is 6.42 Å². The zero-order chi connectivity index (χ0) is 13.8. The van der Waals surface area contributed by atoms with Gasteiger partial charge in [-0.1, -0.05) is 36.4 Å². The highest BCUT2D eigenvalue weighted by Gasteiger charge is 2.05. The van der Waals surface area contributed by atoms with Gasteiger partial charge in [0.25, 0.3) is 0 Å². The van der Waals surface area contributed by atoms with Gasteiger partial charge in [0.2, 0.25) is 5.91 Å². The normalized spacial score (nSPS) is 10.6. The predicted molar refractivity (Wildman–Crippen MR) is 79.4 cm³/mol. The Balaban J connectivity index is 1.63. The van der Waals surface area contributed by atoms with E-state index in [1.807, 2.05) is 65.5 Å². The van der Waals surface area contributed by atoms with Crippen LogP contribution in [0.15, 0.2) is 60.8 Å². The van der Waals surface area contributed by atoms with E-state index in [1.54, 1.807) is 0 Å². The van der Waals surface area contributed by atoms with Crippen molar-refractivity contribution in [2.75, 3.05) is 5.32 Å². The standard InChI is InChI=1S/C16H15N3O/c20-16(18-14-7-2-1-3-8-14)10-11-19-15-9-5-4-6-13(15)12-17-19/h1-9,12H,10-11H2,(H,18,20). The number of nitrogens with zero attached hydrogens (tertiary/aromatic N) is 2. The van der Waals surface area contributed by atoms with Crippen molar-refractivity contribution in [2.24, 2.45) is 0 Å². The Labute approximate surface area is 117 Å². The number of amides is 1. The fourth-order valence-corrected chi connectivity index (χ4v) is 2.16. The number of rotatable bonds is 4. The molecule has 0 unspecified atom stereocenters. The molecule has 100 valence electrons. The molecule has 1 heterocycles. The summed E-state index contributed by atoms with van der Waals surface area (Å²) in [7, 11) is 0. The average molecular weight is 265 g/mol. The summed E-state index contributed by atoms with van der Waals surface area (Å²) in [5.74, 6) is -0.00391. The molecule has 0 saturated carbocycles. The van der Waals surface area contributed by atoms with Gasteiger partial charge in [0.15, 0.2) is 0 Å². The zero-order valence-corrected chi connectivity index (χ0v) is 11.0. The first-order valence-electron chi connectivity index (χ1n) is 6.58. The third kappa shape index (κ3) is 2.69. The number of carbonyl (C=O) groups is 1. The highest BCUT2D eigenvalue weighted by molar-refractivity contribution is 5.90. The molecule has 0 atom stereocenters. The maximum absolute atomic E-state index is 11.9. The van der Waals surface area contributed by atoms with Crippen molar-refractivity contribution >= 4 is 22.5 Å². The number of benzene rings is 2. The van der Waals surface area contributed by atoms with E-state index in [0.717, 1.165) is 16.6 Å². The van der Waals surface area contributed by atoms with Gasteiger partial charge in [-0.3, -0.25) is 9.48 Å². The molecule has 0 bridgehead atoms. The summed E-state index contributed by atoms with van der Waals surface area (Å²) in [5, 5.41) is 8.28. The lowest BCUT2D eigenvalue weighted by atomic mass is 10.2. The second kappa shape index (κ2) is 5.57. The number of hydrogen-bond donors (Lipinski definition) is 1. The Kier molecular flexibility index (Phi) is 3.46. The first kappa shape index (κ1) is 12.4. The molecule has 0 fully saturated rings. The second-order valence-corrected chi connectivity index (χ2v) is 4.59. The second-order valence-electron chi connectivity index (χ2n) is 4.59. The van der Waals surface area contributed by atoms with Crippen LogP contribution in [0.3, 0.4) is 0 Å². The van der Waals surface area contributed by atoms with Crippen LogP contribution in [0, 0.1) is 0 Å². The van der Waals surface area contributed by atoms with Gasteiger partial charge < -0.3 is 5.32 Å². The summed E-state index contributed by atoms with van der Waals surface area (Å²) in [6.45, 7) is 0.576. The molecule has 4 nitrogen and oxygen atoms in total. The lowest BCUT2D eigenvalue weighted by molar-refractivity contribution is -0.116. The Hall–Kier alpha value is -2.62. The first-order chi connectivity index (χ1) is 9.83. The summed E-state index contributed by atoms with van der Waals surface area (Å²) in [5.41, 5.74) is 1.88. The Bertz CT molecular complexity index is 719. The molecule has 0 aliphatic carbocycles. The van der Waals surface area contributed by atoms with Crippen LogP contribution in [-0.2, 0) is 11.3 Å². The monoisotopic (exact) mass is 265 g/mol. The number of fused-ring (bicyclic) bond motifs is 1. The van der Waals surface area contributed by atoms with E-state index in [1.165, 1.54) is 0 Å². The molecule has 0 aliphatic heterocycles. The summed E-state index contributed by atoms with van der Waals surface area (Å²) in [4.78, 5) is 11.9. The molecular formula is C16H15N3O. The van der Waals surface area contributed by atoms with Gasteiger partial charge in [0, 0.05) is 17.5 Å². The fourth-order valence-electron chi connectivity index (χ4n) is 2.16. The van der Waals surface area contributed by atoms with Crippen molar-refractivity contribution in [3.63, 3.8) is 0 Å². The minimum atomic E-state index is -0.00391. The number of aromatic nitrogens is 2. The zero-order valence-electron chi connectivity index (χ0n) is 11.0. The van der Waals surface area contributed by atoms with Crippen LogP contribution >= 0.6 is 0 Å². The van der Waals surface area contributed by atoms with E-state index in [-0.39, 0.29) is 5.91 Å². The summed E-state index contributed by atoms with van der Waals surface area (Å²) < 4.78 is 1.86. The number of carbonyl (C=O) groups excluding carboxylic acids is 1. The molecule has 0 radical (unpaired) electrons. The summed E-state index contributed by atoms with van der Waals surface area (Å²) in [6, 6.07) is 17.5. The number of para-hydroxylation sites is 2. The number of aryl methyl sites for hydroxylation is 1. The van der Waals surface area contributed by atoms with Crippen LogP contribution < -0.4 is 5.32 Å². The molecule has 3 aromatic rings. The van der Waals surface area contributed by atoms with Crippen molar-refractivity contribution in [1.29, 1.82) is 0 Å². The Morgan fingerprint density at radius 1 is 1.05 bits per heavy atom. The van der Waals surface area contributed by atoms with E-state index >= 15 is 0 Å². The van der Waals surface area contributed by atoms with Crippen LogP contribution in [0.25, 0.3) is 10.9 Å². The van der Waals surface area contributed by atoms with E-state index in [9.17, 15) is 4.79 Å². The summed E-state index contributed by atoms with van der Waals surface area (Å²) in [6.07, 6.45) is 2.23. The average Bonchev–Trinajstić information content (AvgIpc) is 2.89. The molecule has 20 heavy (non-hydrogen) atoms. The van der Waals surface area contributed by atoms with Crippen LogP contribution in [0.4, 0.5) is 5.69 Å². The minimum absolute atomic E-state index is 0.00391. The van der Waals surface area contributed by atoms with Gasteiger partial charge >= 0.3 is 0 Å². The van der Waals surface area contributed by atoms with Gasteiger partial charge in [-0.2, -0.15) is 5.10 Å². The van der Waals surface area contributed by atoms with Crippen molar-refractivity contribution in [3.8, 4) is 0 Å². The maximum Gasteiger partial charge on any atom is 0.226 e. The maximum atomic E-state index is 11.9. The topological polar surface area (TPSA) is 46.9 Å². The quantitative estimate of drug-likeness (QED) is 0.788. The molecule has 1 amide bonds. The molecule has 2 aromatic carbocycles. The van der Waals surface area contributed by atoms with E-state index in [0.29, 0.717) is 13.0 Å².